The minimum Gasteiger partial charge on any atom is -0.282 e. The van der Waals surface area contributed by atoms with Gasteiger partial charge < -0.3 is 0 Å². The highest BCUT2D eigenvalue weighted by Crippen LogP contribution is 2.29. The van der Waals surface area contributed by atoms with Crippen LogP contribution in [0.2, 0.25) is 0 Å². The van der Waals surface area contributed by atoms with Gasteiger partial charge in [0.1, 0.15) is 0 Å². The molecule has 0 unspecified atom stereocenters. The number of aromatic nitrogens is 2. The number of hydrogen-bond acceptors (Lipinski definition) is 2. The summed E-state index contributed by atoms with van der Waals surface area (Å²) >= 11 is 0. The molecule has 100 valence electrons. The summed E-state index contributed by atoms with van der Waals surface area (Å²) < 4.78 is 1.53. The van der Waals surface area contributed by atoms with Crippen molar-refractivity contribution in [2.24, 2.45) is 0 Å². The highest BCUT2D eigenvalue weighted by molar-refractivity contribution is 5.78. The molecule has 0 amide bonds. The Hall–Kier alpha value is -3.19. The van der Waals surface area contributed by atoms with Crippen molar-refractivity contribution in [3.8, 4) is 16.8 Å². The first kappa shape index (κ1) is 12.8. The summed E-state index contributed by atoms with van der Waals surface area (Å²) in [4.78, 5) is 19.6. The van der Waals surface area contributed by atoms with E-state index in [0.717, 1.165) is 11.1 Å². The van der Waals surface area contributed by atoms with Crippen LogP contribution >= 0.6 is 0 Å². The zero-order valence-corrected chi connectivity index (χ0v) is 11.1. The molecular weight excluding hydrogens is 262 g/mol. The molecule has 1 aromatic carbocycles. The quantitative estimate of drug-likeness (QED) is 0.671. The van der Waals surface area contributed by atoms with Crippen LogP contribution in [-0.2, 0) is 0 Å². The monoisotopic (exact) mass is 273 g/mol. The first-order valence-electron chi connectivity index (χ1n) is 6.39. The Morgan fingerprint density at radius 2 is 1.90 bits per heavy atom. The van der Waals surface area contributed by atoms with Crippen molar-refractivity contribution in [3.05, 3.63) is 88.9 Å². The summed E-state index contributed by atoms with van der Waals surface area (Å²) in [6, 6.07) is 14.2. The first-order valence-corrected chi connectivity index (χ1v) is 6.39. The Balaban J connectivity index is 2.19. The fourth-order valence-electron chi connectivity index (χ4n) is 2.16. The van der Waals surface area contributed by atoms with Crippen LogP contribution in [-0.4, -0.2) is 9.55 Å². The van der Waals surface area contributed by atoms with E-state index in [1.807, 2.05) is 24.3 Å². The van der Waals surface area contributed by atoms with Gasteiger partial charge in [-0.1, -0.05) is 24.3 Å². The molecular formula is C17H11N3O. The van der Waals surface area contributed by atoms with Crippen LogP contribution in [0.3, 0.4) is 0 Å². The van der Waals surface area contributed by atoms with Gasteiger partial charge in [0, 0.05) is 18.5 Å². The predicted octanol–water partition coefficient (Wildman–Crippen LogP) is 3.45. The van der Waals surface area contributed by atoms with Gasteiger partial charge in [-0.2, -0.15) is 0 Å². The van der Waals surface area contributed by atoms with Crippen LogP contribution in [0.15, 0.2) is 71.9 Å². The third kappa shape index (κ3) is 2.45. The summed E-state index contributed by atoms with van der Waals surface area (Å²) in [7, 11) is 0. The molecule has 0 aliphatic heterocycles. The van der Waals surface area contributed by atoms with Crippen LogP contribution in [0.25, 0.3) is 21.7 Å². The highest BCUT2D eigenvalue weighted by atomic mass is 16.1. The van der Waals surface area contributed by atoms with E-state index < -0.39 is 0 Å². The molecule has 3 aromatic rings. The van der Waals surface area contributed by atoms with Crippen molar-refractivity contribution in [2.75, 3.05) is 0 Å². The van der Waals surface area contributed by atoms with E-state index in [1.165, 1.54) is 10.6 Å². The molecule has 0 radical (unpaired) electrons. The van der Waals surface area contributed by atoms with E-state index in [2.05, 4.69) is 9.83 Å². The van der Waals surface area contributed by atoms with Crippen LogP contribution in [0.4, 0.5) is 5.69 Å². The van der Waals surface area contributed by atoms with E-state index in [4.69, 9.17) is 6.57 Å². The van der Waals surface area contributed by atoms with Gasteiger partial charge in [0.2, 0.25) is 0 Å². The zero-order chi connectivity index (χ0) is 14.7. The van der Waals surface area contributed by atoms with Crippen molar-refractivity contribution in [1.82, 2.24) is 9.55 Å². The van der Waals surface area contributed by atoms with Crippen molar-refractivity contribution in [2.45, 2.75) is 0 Å². The Kier molecular flexibility index (Phi) is 3.32. The lowest BCUT2D eigenvalue weighted by atomic mass is 10.1. The molecule has 21 heavy (non-hydrogen) atoms. The summed E-state index contributed by atoms with van der Waals surface area (Å²) in [5.41, 5.74) is 2.76. The van der Waals surface area contributed by atoms with Gasteiger partial charge in [0.15, 0.2) is 5.69 Å². The third-order valence-electron chi connectivity index (χ3n) is 3.17. The highest BCUT2D eigenvalue weighted by Gasteiger charge is 2.07. The summed E-state index contributed by atoms with van der Waals surface area (Å²) in [5.74, 6) is 0. The maximum Gasteiger partial charge on any atom is 0.255 e. The lowest BCUT2D eigenvalue weighted by Gasteiger charge is -2.09. The number of benzene rings is 1. The van der Waals surface area contributed by atoms with E-state index >= 15 is 0 Å². The Morgan fingerprint density at radius 3 is 2.67 bits per heavy atom. The van der Waals surface area contributed by atoms with Crippen molar-refractivity contribution in [1.29, 1.82) is 0 Å². The van der Waals surface area contributed by atoms with Crippen molar-refractivity contribution in [3.63, 3.8) is 0 Å². The summed E-state index contributed by atoms with van der Waals surface area (Å²) in [5, 5.41) is 0. The molecule has 2 aromatic heterocycles. The standard InChI is InChI=1S/C17H11N3O/c1-18-16-7-3-2-6-15(16)13-8-9-17(21)20(12-13)14-5-4-10-19-11-14/h2-12H. The number of pyridine rings is 2. The predicted molar refractivity (Wildman–Crippen MR) is 81.5 cm³/mol. The number of rotatable bonds is 2. The Morgan fingerprint density at radius 1 is 1.05 bits per heavy atom. The SMILES string of the molecule is [C-]#[N+]c1ccccc1-c1ccc(=O)n(-c2cccnc2)c1. The van der Waals surface area contributed by atoms with Gasteiger partial charge in [0.05, 0.1) is 18.5 Å². The largest absolute Gasteiger partial charge is 0.282 e. The van der Waals surface area contributed by atoms with Crippen molar-refractivity contribution >= 4 is 5.69 Å². The normalized spacial score (nSPS) is 10.0. The van der Waals surface area contributed by atoms with Crippen LogP contribution in [0.5, 0.6) is 0 Å². The maximum atomic E-state index is 12.0. The lowest BCUT2D eigenvalue weighted by Crippen LogP contribution is -2.16. The minimum absolute atomic E-state index is 0.132. The molecule has 4 heteroatoms. The van der Waals surface area contributed by atoms with Gasteiger partial charge >= 0.3 is 0 Å². The average Bonchev–Trinajstić information content (AvgIpc) is 2.56. The maximum absolute atomic E-state index is 12.0. The molecule has 0 aliphatic rings. The number of nitrogens with zero attached hydrogens (tertiary/aromatic N) is 3. The van der Waals surface area contributed by atoms with Gasteiger partial charge in [0.25, 0.3) is 5.56 Å². The van der Waals surface area contributed by atoms with Gasteiger partial charge in [-0.3, -0.25) is 14.3 Å². The second-order valence-corrected chi connectivity index (χ2v) is 4.47. The van der Waals surface area contributed by atoms with E-state index in [-0.39, 0.29) is 5.56 Å². The molecule has 0 bridgehead atoms. The second kappa shape index (κ2) is 5.43. The first-order chi connectivity index (χ1) is 10.3. The smallest absolute Gasteiger partial charge is 0.255 e. The topological polar surface area (TPSA) is 39.2 Å². The Labute approximate surface area is 121 Å². The fraction of sp³-hybridized carbons (Fsp3) is 0. The van der Waals surface area contributed by atoms with Crippen LogP contribution in [0, 0.1) is 6.57 Å². The molecule has 0 fully saturated rings. The average molecular weight is 273 g/mol. The van der Waals surface area contributed by atoms with Gasteiger partial charge in [-0.15, -0.1) is 0 Å². The zero-order valence-electron chi connectivity index (χ0n) is 11.1. The number of hydrogen-bond donors (Lipinski definition) is 0. The van der Waals surface area contributed by atoms with Gasteiger partial charge in [-0.25, -0.2) is 4.85 Å². The molecule has 4 nitrogen and oxygen atoms in total. The summed E-state index contributed by atoms with van der Waals surface area (Å²) in [6.45, 7) is 7.24. The van der Waals surface area contributed by atoms with E-state index in [1.54, 1.807) is 36.8 Å². The molecule has 2 heterocycles. The van der Waals surface area contributed by atoms with Crippen LogP contribution < -0.4 is 5.56 Å². The lowest BCUT2D eigenvalue weighted by molar-refractivity contribution is 0.980. The van der Waals surface area contributed by atoms with Crippen molar-refractivity contribution < 1.29 is 0 Å². The molecule has 0 spiro atoms. The molecule has 0 atom stereocenters. The minimum atomic E-state index is -0.132. The van der Waals surface area contributed by atoms with E-state index in [0.29, 0.717) is 11.4 Å². The molecule has 0 saturated heterocycles. The molecule has 3 rings (SSSR count). The van der Waals surface area contributed by atoms with Gasteiger partial charge in [-0.05, 0) is 29.3 Å². The van der Waals surface area contributed by atoms with Crippen LogP contribution in [0.1, 0.15) is 0 Å². The third-order valence-corrected chi connectivity index (χ3v) is 3.17. The fourth-order valence-corrected chi connectivity index (χ4v) is 2.16. The summed E-state index contributed by atoms with van der Waals surface area (Å²) in [6.07, 6.45) is 5.03. The number of para-hydroxylation sites is 1. The van der Waals surface area contributed by atoms with E-state index in [9.17, 15) is 4.79 Å². The molecule has 0 aliphatic carbocycles. The molecule has 0 N–H and O–H groups in total. The second-order valence-electron chi connectivity index (χ2n) is 4.47. The molecule has 0 saturated carbocycles. The Bertz CT molecular complexity index is 876.